The maximum atomic E-state index is 11.3. The number of fused-ring (bicyclic) bond motifs is 1. The van der Waals surface area contributed by atoms with Gasteiger partial charge in [0.15, 0.2) is 5.69 Å². The Morgan fingerprint density at radius 3 is 2.89 bits per heavy atom. The van der Waals surface area contributed by atoms with Crippen LogP contribution in [0.2, 0.25) is 0 Å². The molecule has 102 valence electrons. The van der Waals surface area contributed by atoms with Crippen LogP contribution >= 0.6 is 0 Å². The molecule has 0 amide bonds. The van der Waals surface area contributed by atoms with Crippen LogP contribution in [0.5, 0.6) is 0 Å². The van der Waals surface area contributed by atoms with Crippen LogP contribution in [0.25, 0.3) is 0 Å². The Balaban J connectivity index is 1.94. The number of aromatic carboxylic acids is 1. The summed E-state index contributed by atoms with van der Waals surface area (Å²) in [4.78, 5) is 17.7. The largest absolute Gasteiger partial charge is 0.476 e. The van der Waals surface area contributed by atoms with Crippen LogP contribution in [0.4, 0.5) is 5.69 Å². The molecule has 2 unspecified atom stereocenters. The van der Waals surface area contributed by atoms with Crippen LogP contribution in [0.3, 0.4) is 0 Å². The summed E-state index contributed by atoms with van der Waals surface area (Å²) in [6.45, 7) is 0.965. The van der Waals surface area contributed by atoms with E-state index in [2.05, 4.69) is 9.88 Å². The lowest BCUT2D eigenvalue weighted by molar-refractivity contribution is 0.0690. The average molecular weight is 260 g/mol. The average Bonchev–Trinajstić information content (AvgIpc) is 2.46. The Morgan fingerprint density at radius 1 is 1.26 bits per heavy atom. The zero-order valence-corrected chi connectivity index (χ0v) is 11.1. The number of hydrogen-bond acceptors (Lipinski definition) is 3. The van der Waals surface area contributed by atoms with Gasteiger partial charge in [0, 0.05) is 18.8 Å². The zero-order chi connectivity index (χ0) is 13.2. The van der Waals surface area contributed by atoms with Crippen LogP contribution in [0, 0.1) is 5.92 Å². The Hall–Kier alpha value is -1.58. The normalized spacial score (nSPS) is 26.8. The number of pyridine rings is 1. The number of hydrogen-bond donors (Lipinski definition) is 1. The first-order valence-electron chi connectivity index (χ1n) is 7.22. The molecule has 2 fully saturated rings. The van der Waals surface area contributed by atoms with Crippen molar-refractivity contribution in [1.82, 2.24) is 4.98 Å². The molecule has 2 aliphatic rings. The lowest BCUT2D eigenvalue weighted by Gasteiger charge is -2.45. The standard InChI is InChI=1S/C15H20N2O2/c18-15(19)14-13(8-3-9-16-14)17-10-4-6-11-5-1-2-7-12(11)17/h3,8-9,11-12H,1-2,4-7,10H2,(H,18,19). The van der Waals surface area contributed by atoms with Crippen molar-refractivity contribution >= 4 is 11.7 Å². The van der Waals surface area contributed by atoms with Crippen molar-refractivity contribution in [3.63, 3.8) is 0 Å². The second-order valence-electron chi connectivity index (χ2n) is 5.62. The van der Waals surface area contributed by atoms with Crippen molar-refractivity contribution in [3.05, 3.63) is 24.0 Å². The third kappa shape index (κ3) is 2.31. The lowest BCUT2D eigenvalue weighted by Crippen LogP contribution is -2.47. The van der Waals surface area contributed by atoms with Gasteiger partial charge in [-0.3, -0.25) is 0 Å². The molecule has 1 aromatic rings. The molecule has 4 nitrogen and oxygen atoms in total. The van der Waals surface area contributed by atoms with Crippen LogP contribution < -0.4 is 4.90 Å². The molecule has 19 heavy (non-hydrogen) atoms. The van der Waals surface area contributed by atoms with E-state index in [1.807, 2.05) is 12.1 Å². The highest BCUT2D eigenvalue weighted by Gasteiger charge is 2.34. The number of carbonyl (C=O) groups is 1. The predicted molar refractivity (Wildman–Crippen MR) is 73.5 cm³/mol. The van der Waals surface area contributed by atoms with Gasteiger partial charge in [-0.1, -0.05) is 12.8 Å². The van der Waals surface area contributed by atoms with E-state index in [9.17, 15) is 9.90 Å². The minimum Gasteiger partial charge on any atom is -0.476 e. The summed E-state index contributed by atoms with van der Waals surface area (Å²) in [6, 6.07) is 4.27. The first-order valence-corrected chi connectivity index (χ1v) is 7.22. The van der Waals surface area contributed by atoms with E-state index in [-0.39, 0.29) is 5.69 Å². The van der Waals surface area contributed by atoms with Gasteiger partial charge in [0.2, 0.25) is 0 Å². The summed E-state index contributed by atoms with van der Waals surface area (Å²) in [5, 5.41) is 9.30. The number of carboxylic acid groups (broad SMARTS) is 1. The summed E-state index contributed by atoms with van der Waals surface area (Å²) in [5.74, 6) is -0.183. The molecular formula is C15H20N2O2. The Kier molecular flexibility index (Phi) is 3.40. The van der Waals surface area contributed by atoms with Gasteiger partial charge in [-0.2, -0.15) is 0 Å². The number of rotatable bonds is 2. The van der Waals surface area contributed by atoms with Crippen LogP contribution in [0.15, 0.2) is 18.3 Å². The van der Waals surface area contributed by atoms with E-state index < -0.39 is 5.97 Å². The third-order valence-corrected chi connectivity index (χ3v) is 4.54. The summed E-state index contributed by atoms with van der Waals surface area (Å²) in [6.07, 6.45) is 9.10. The molecule has 3 rings (SSSR count). The summed E-state index contributed by atoms with van der Waals surface area (Å²) in [7, 11) is 0. The van der Waals surface area contributed by atoms with Gasteiger partial charge < -0.3 is 10.0 Å². The van der Waals surface area contributed by atoms with Gasteiger partial charge in [-0.25, -0.2) is 9.78 Å². The van der Waals surface area contributed by atoms with Gasteiger partial charge in [0.1, 0.15) is 0 Å². The maximum absolute atomic E-state index is 11.3. The Morgan fingerprint density at radius 2 is 2.05 bits per heavy atom. The molecule has 1 saturated carbocycles. The molecule has 1 N–H and O–H groups in total. The quantitative estimate of drug-likeness (QED) is 0.888. The van der Waals surface area contributed by atoms with Crippen LogP contribution in [-0.4, -0.2) is 28.6 Å². The fourth-order valence-corrected chi connectivity index (χ4v) is 3.72. The zero-order valence-electron chi connectivity index (χ0n) is 11.1. The van der Waals surface area contributed by atoms with Gasteiger partial charge in [-0.05, 0) is 43.7 Å². The number of anilines is 1. The minimum atomic E-state index is -0.923. The molecule has 0 spiro atoms. The van der Waals surface area contributed by atoms with E-state index in [4.69, 9.17) is 0 Å². The van der Waals surface area contributed by atoms with Crippen molar-refractivity contribution < 1.29 is 9.90 Å². The Labute approximate surface area is 113 Å². The van der Waals surface area contributed by atoms with E-state index in [1.165, 1.54) is 32.1 Å². The summed E-state index contributed by atoms with van der Waals surface area (Å²) >= 11 is 0. The van der Waals surface area contributed by atoms with Crippen molar-refractivity contribution in [2.75, 3.05) is 11.4 Å². The molecule has 2 atom stereocenters. The molecule has 2 heterocycles. The van der Waals surface area contributed by atoms with Gasteiger partial charge in [0.25, 0.3) is 0 Å². The first kappa shape index (κ1) is 12.5. The number of carboxylic acids is 1. The third-order valence-electron chi connectivity index (χ3n) is 4.54. The van der Waals surface area contributed by atoms with Crippen molar-refractivity contribution in [3.8, 4) is 0 Å². The first-order chi connectivity index (χ1) is 9.27. The smallest absolute Gasteiger partial charge is 0.356 e. The topological polar surface area (TPSA) is 53.4 Å². The fraction of sp³-hybridized carbons (Fsp3) is 0.600. The lowest BCUT2D eigenvalue weighted by atomic mass is 9.78. The van der Waals surface area contributed by atoms with Gasteiger partial charge in [0.05, 0.1) is 5.69 Å². The Bertz CT molecular complexity index is 473. The highest BCUT2D eigenvalue weighted by molar-refractivity contribution is 5.92. The SMILES string of the molecule is O=C(O)c1ncccc1N1CCCC2CCCCC21. The monoisotopic (exact) mass is 260 g/mol. The highest BCUT2D eigenvalue weighted by Crippen LogP contribution is 2.38. The van der Waals surface area contributed by atoms with E-state index >= 15 is 0 Å². The van der Waals surface area contributed by atoms with Crippen molar-refractivity contribution in [2.45, 2.75) is 44.6 Å². The summed E-state index contributed by atoms with van der Waals surface area (Å²) in [5.41, 5.74) is 1.01. The van der Waals surface area contributed by atoms with Gasteiger partial charge >= 0.3 is 5.97 Å². The van der Waals surface area contributed by atoms with E-state index in [0.29, 0.717) is 6.04 Å². The van der Waals surface area contributed by atoms with Crippen LogP contribution in [0.1, 0.15) is 49.0 Å². The number of nitrogens with zero attached hydrogens (tertiary/aromatic N) is 2. The highest BCUT2D eigenvalue weighted by atomic mass is 16.4. The van der Waals surface area contributed by atoms with E-state index in [1.54, 1.807) is 6.20 Å². The molecule has 1 aliphatic heterocycles. The fourth-order valence-electron chi connectivity index (χ4n) is 3.72. The minimum absolute atomic E-state index is 0.203. The number of aromatic nitrogens is 1. The molecule has 0 aromatic carbocycles. The van der Waals surface area contributed by atoms with Crippen LogP contribution in [-0.2, 0) is 0 Å². The van der Waals surface area contributed by atoms with E-state index in [0.717, 1.165) is 24.6 Å². The second-order valence-corrected chi connectivity index (χ2v) is 5.62. The maximum Gasteiger partial charge on any atom is 0.356 e. The summed E-state index contributed by atoms with van der Waals surface area (Å²) < 4.78 is 0. The second kappa shape index (κ2) is 5.19. The molecule has 1 aliphatic carbocycles. The molecule has 4 heteroatoms. The number of piperidine rings is 1. The predicted octanol–water partition coefficient (Wildman–Crippen LogP) is 2.94. The van der Waals surface area contributed by atoms with Crippen molar-refractivity contribution in [2.24, 2.45) is 5.92 Å². The molecule has 1 saturated heterocycles. The van der Waals surface area contributed by atoms with Crippen molar-refractivity contribution in [1.29, 1.82) is 0 Å². The van der Waals surface area contributed by atoms with Gasteiger partial charge in [-0.15, -0.1) is 0 Å². The molecular weight excluding hydrogens is 240 g/mol. The molecule has 1 aromatic heterocycles. The molecule has 0 bridgehead atoms. The molecule has 0 radical (unpaired) electrons.